The van der Waals surface area contributed by atoms with Crippen molar-refractivity contribution in [3.63, 3.8) is 0 Å². The third kappa shape index (κ3) is 5.33. The normalized spacial score (nSPS) is 12.7. The first-order chi connectivity index (χ1) is 13.6. The molecular formula is C21H24N4O3. The second-order valence-electron chi connectivity index (χ2n) is 6.57. The molecule has 1 aliphatic heterocycles. The minimum Gasteiger partial charge on any atom is -0.356 e. The molecule has 3 N–H and O–H groups in total. The van der Waals surface area contributed by atoms with Crippen LogP contribution in [0.5, 0.6) is 0 Å². The molecule has 1 aliphatic rings. The quantitative estimate of drug-likeness (QED) is 0.644. The predicted octanol–water partition coefficient (Wildman–Crippen LogP) is 2.29. The van der Waals surface area contributed by atoms with Crippen LogP contribution in [0.25, 0.3) is 0 Å². The molecular weight excluding hydrogens is 356 g/mol. The number of nitrogens with one attached hydrogen (secondary N) is 3. The van der Waals surface area contributed by atoms with E-state index in [-0.39, 0.29) is 37.4 Å². The van der Waals surface area contributed by atoms with Crippen molar-refractivity contribution >= 4 is 29.2 Å². The van der Waals surface area contributed by atoms with Crippen LogP contribution in [0, 0.1) is 0 Å². The topological polar surface area (TPSA) is 90.5 Å². The summed E-state index contributed by atoms with van der Waals surface area (Å²) in [6, 6.07) is 16.8. The van der Waals surface area contributed by atoms with Crippen molar-refractivity contribution in [3.8, 4) is 0 Å². The maximum absolute atomic E-state index is 12.4. The van der Waals surface area contributed by atoms with Gasteiger partial charge in [-0.05, 0) is 30.5 Å². The second-order valence-corrected chi connectivity index (χ2v) is 6.57. The fourth-order valence-corrected chi connectivity index (χ4v) is 3.05. The Labute approximate surface area is 164 Å². The van der Waals surface area contributed by atoms with Crippen LogP contribution in [0.4, 0.5) is 16.2 Å². The minimum absolute atomic E-state index is 0.0471. The summed E-state index contributed by atoms with van der Waals surface area (Å²) >= 11 is 0. The van der Waals surface area contributed by atoms with Crippen molar-refractivity contribution in [1.82, 2.24) is 10.6 Å². The van der Waals surface area contributed by atoms with Gasteiger partial charge >= 0.3 is 6.03 Å². The van der Waals surface area contributed by atoms with E-state index < -0.39 is 0 Å². The fraction of sp³-hybridized carbons (Fsp3) is 0.286. The fourth-order valence-electron chi connectivity index (χ4n) is 3.05. The van der Waals surface area contributed by atoms with Gasteiger partial charge in [-0.1, -0.05) is 42.5 Å². The molecule has 0 bridgehead atoms. The van der Waals surface area contributed by atoms with E-state index in [1.807, 2.05) is 18.2 Å². The molecule has 7 nitrogen and oxygen atoms in total. The minimum atomic E-state index is -0.390. The zero-order valence-corrected chi connectivity index (χ0v) is 15.6. The van der Waals surface area contributed by atoms with Gasteiger partial charge in [-0.2, -0.15) is 0 Å². The lowest BCUT2D eigenvalue weighted by Crippen LogP contribution is -2.47. The average molecular weight is 380 g/mol. The van der Waals surface area contributed by atoms with Crippen LogP contribution < -0.4 is 20.9 Å². The van der Waals surface area contributed by atoms with Crippen LogP contribution in [0.2, 0.25) is 0 Å². The first-order valence-electron chi connectivity index (χ1n) is 9.38. The molecule has 0 spiro atoms. The third-order valence-electron chi connectivity index (χ3n) is 4.45. The molecule has 0 saturated heterocycles. The predicted molar refractivity (Wildman–Crippen MR) is 108 cm³/mol. The van der Waals surface area contributed by atoms with Crippen molar-refractivity contribution in [2.24, 2.45) is 0 Å². The summed E-state index contributed by atoms with van der Waals surface area (Å²) in [5, 5.41) is 8.30. The van der Waals surface area contributed by atoms with Gasteiger partial charge in [0.2, 0.25) is 11.8 Å². The summed E-state index contributed by atoms with van der Waals surface area (Å²) in [5.74, 6) is -0.352. The van der Waals surface area contributed by atoms with Crippen molar-refractivity contribution in [1.29, 1.82) is 0 Å². The van der Waals surface area contributed by atoms with E-state index in [9.17, 15) is 14.4 Å². The van der Waals surface area contributed by atoms with Crippen molar-refractivity contribution < 1.29 is 14.4 Å². The Bertz CT molecular complexity index is 839. The molecule has 0 atom stereocenters. The number of aryl methyl sites for hydroxylation is 1. The van der Waals surface area contributed by atoms with Crippen LogP contribution in [0.15, 0.2) is 54.6 Å². The molecule has 4 amide bonds. The molecule has 0 radical (unpaired) electrons. The van der Waals surface area contributed by atoms with E-state index in [0.29, 0.717) is 17.9 Å². The molecule has 0 aromatic heterocycles. The number of para-hydroxylation sites is 2. The molecule has 0 fully saturated rings. The highest BCUT2D eigenvalue weighted by molar-refractivity contribution is 6.09. The molecule has 2 aromatic rings. The zero-order chi connectivity index (χ0) is 19.8. The SMILES string of the molecule is O=C(CCNC(=O)N1CC(=O)Nc2ccccc21)NCCCc1ccccc1. The number of carbonyl (C=O) groups is 3. The van der Waals surface area contributed by atoms with Gasteiger partial charge in [0.1, 0.15) is 6.54 Å². The summed E-state index contributed by atoms with van der Waals surface area (Å²) in [7, 11) is 0. The van der Waals surface area contributed by atoms with E-state index in [1.165, 1.54) is 10.5 Å². The van der Waals surface area contributed by atoms with Gasteiger partial charge in [0.05, 0.1) is 11.4 Å². The van der Waals surface area contributed by atoms with Crippen LogP contribution in [-0.4, -0.2) is 37.5 Å². The molecule has 0 aliphatic carbocycles. The van der Waals surface area contributed by atoms with Gasteiger partial charge in [-0.3, -0.25) is 14.5 Å². The van der Waals surface area contributed by atoms with Crippen LogP contribution in [0.3, 0.4) is 0 Å². The Balaban J connectivity index is 1.37. The summed E-state index contributed by atoms with van der Waals surface area (Å²) < 4.78 is 0. The van der Waals surface area contributed by atoms with Gasteiger partial charge in [-0.25, -0.2) is 4.79 Å². The largest absolute Gasteiger partial charge is 0.356 e. The van der Waals surface area contributed by atoms with E-state index in [1.54, 1.807) is 24.3 Å². The maximum Gasteiger partial charge on any atom is 0.322 e. The molecule has 3 rings (SSSR count). The summed E-state index contributed by atoms with van der Waals surface area (Å²) in [4.78, 5) is 37.5. The lowest BCUT2D eigenvalue weighted by Gasteiger charge is -2.29. The molecule has 0 saturated carbocycles. The highest BCUT2D eigenvalue weighted by Gasteiger charge is 2.26. The number of nitrogens with zero attached hydrogens (tertiary/aromatic N) is 1. The van der Waals surface area contributed by atoms with E-state index in [4.69, 9.17) is 0 Å². The summed E-state index contributed by atoms with van der Waals surface area (Å²) in [6.07, 6.45) is 1.97. The number of benzene rings is 2. The number of hydrogen-bond acceptors (Lipinski definition) is 3. The lowest BCUT2D eigenvalue weighted by molar-refractivity contribution is -0.121. The zero-order valence-electron chi connectivity index (χ0n) is 15.6. The van der Waals surface area contributed by atoms with Gasteiger partial charge in [0.15, 0.2) is 0 Å². The first kappa shape index (κ1) is 19.4. The van der Waals surface area contributed by atoms with Gasteiger partial charge in [-0.15, -0.1) is 0 Å². The Morgan fingerprint density at radius 2 is 1.71 bits per heavy atom. The Morgan fingerprint density at radius 3 is 2.54 bits per heavy atom. The maximum atomic E-state index is 12.4. The number of hydrogen-bond donors (Lipinski definition) is 3. The average Bonchev–Trinajstić information content (AvgIpc) is 2.71. The van der Waals surface area contributed by atoms with Gasteiger partial charge < -0.3 is 16.0 Å². The Hall–Kier alpha value is -3.35. The van der Waals surface area contributed by atoms with Gasteiger partial charge in [0, 0.05) is 19.5 Å². The highest BCUT2D eigenvalue weighted by Crippen LogP contribution is 2.28. The molecule has 146 valence electrons. The number of urea groups is 1. The third-order valence-corrected chi connectivity index (χ3v) is 4.45. The second kappa shape index (κ2) is 9.55. The number of anilines is 2. The first-order valence-corrected chi connectivity index (χ1v) is 9.38. The molecule has 7 heteroatoms. The Kier molecular flexibility index (Phi) is 6.62. The number of carbonyl (C=O) groups excluding carboxylic acids is 3. The smallest absolute Gasteiger partial charge is 0.322 e. The summed E-state index contributed by atoms with van der Waals surface area (Å²) in [6.45, 7) is 0.763. The van der Waals surface area contributed by atoms with Crippen LogP contribution in [-0.2, 0) is 16.0 Å². The molecule has 28 heavy (non-hydrogen) atoms. The van der Waals surface area contributed by atoms with Gasteiger partial charge in [0.25, 0.3) is 0 Å². The number of rotatable bonds is 7. The number of fused-ring (bicyclic) bond motifs is 1. The lowest BCUT2D eigenvalue weighted by atomic mass is 10.1. The van der Waals surface area contributed by atoms with Crippen molar-refractivity contribution in [2.45, 2.75) is 19.3 Å². The van der Waals surface area contributed by atoms with E-state index in [2.05, 4.69) is 28.1 Å². The molecule has 0 unspecified atom stereocenters. The summed E-state index contributed by atoms with van der Waals surface area (Å²) in [5.41, 5.74) is 2.49. The van der Waals surface area contributed by atoms with Crippen molar-refractivity contribution in [3.05, 3.63) is 60.2 Å². The van der Waals surface area contributed by atoms with Crippen molar-refractivity contribution in [2.75, 3.05) is 29.9 Å². The molecule has 1 heterocycles. The highest BCUT2D eigenvalue weighted by atomic mass is 16.2. The van der Waals surface area contributed by atoms with Crippen LogP contribution in [0.1, 0.15) is 18.4 Å². The molecule has 2 aromatic carbocycles. The number of amides is 4. The van der Waals surface area contributed by atoms with E-state index in [0.717, 1.165) is 12.8 Å². The van der Waals surface area contributed by atoms with Crippen LogP contribution >= 0.6 is 0 Å². The van der Waals surface area contributed by atoms with E-state index >= 15 is 0 Å². The standard InChI is InChI=1S/C21H24N4O3/c26-19(22-13-6-9-16-7-2-1-3-8-16)12-14-23-21(28)25-15-20(27)24-17-10-4-5-11-18(17)25/h1-5,7-8,10-11H,6,9,12-15H2,(H,22,26)(H,23,28)(H,24,27). The Morgan fingerprint density at radius 1 is 0.964 bits per heavy atom. The monoisotopic (exact) mass is 380 g/mol.